The molecule has 2 aliphatic heterocycles. The van der Waals surface area contributed by atoms with Crippen molar-refractivity contribution in [2.45, 2.75) is 38.8 Å². The van der Waals surface area contributed by atoms with Crippen LogP contribution in [-0.2, 0) is 0 Å². The maximum atomic E-state index is 13.3. The molecule has 0 radical (unpaired) electrons. The lowest BCUT2D eigenvalue weighted by Crippen LogP contribution is -2.54. The van der Waals surface area contributed by atoms with Gasteiger partial charge in [0, 0.05) is 56.1 Å². The summed E-state index contributed by atoms with van der Waals surface area (Å²) in [6, 6.07) is 14.4. The number of amides is 1. The number of nitriles is 1. The van der Waals surface area contributed by atoms with Gasteiger partial charge in [-0.1, -0.05) is 18.2 Å². The summed E-state index contributed by atoms with van der Waals surface area (Å²) in [7, 11) is 0. The van der Waals surface area contributed by atoms with Crippen LogP contribution in [0.2, 0.25) is 0 Å². The van der Waals surface area contributed by atoms with Crippen LogP contribution in [-0.4, -0.2) is 67.3 Å². The Kier molecular flexibility index (Phi) is 7.17. The lowest BCUT2D eigenvalue weighted by molar-refractivity contribution is 0.0671. The lowest BCUT2D eigenvalue weighted by Gasteiger charge is -2.35. The van der Waals surface area contributed by atoms with Crippen LogP contribution in [0, 0.1) is 25.2 Å². The average Bonchev–Trinajstić information content (AvgIpc) is 2.85. The molecule has 0 aliphatic carbocycles. The molecule has 7 heteroatoms. The average molecular weight is 448 g/mol. The van der Waals surface area contributed by atoms with E-state index in [-0.39, 0.29) is 18.6 Å². The number of aliphatic hydroxyl groups excluding tert-OH is 1. The first-order valence-electron chi connectivity index (χ1n) is 11.8. The Morgan fingerprint density at radius 3 is 2.67 bits per heavy atom. The Labute approximate surface area is 196 Å². The molecule has 174 valence electrons. The van der Waals surface area contributed by atoms with Crippen LogP contribution in [0.25, 0.3) is 0 Å². The molecule has 4 rings (SSSR count). The molecule has 33 heavy (non-hydrogen) atoms. The van der Waals surface area contributed by atoms with Gasteiger partial charge < -0.3 is 25.5 Å². The van der Waals surface area contributed by atoms with Crippen LogP contribution in [0.4, 0.5) is 11.4 Å². The van der Waals surface area contributed by atoms with Gasteiger partial charge in [-0.2, -0.15) is 5.26 Å². The van der Waals surface area contributed by atoms with Gasteiger partial charge in [0.2, 0.25) is 0 Å². The number of benzene rings is 2. The van der Waals surface area contributed by atoms with E-state index < -0.39 is 0 Å². The lowest BCUT2D eigenvalue weighted by atomic mass is 9.99. The van der Waals surface area contributed by atoms with Gasteiger partial charge in [0.05, 0.1) is 17.9 Å². The van der Waals surface area contributed by atoms with Crippen LogP contribution < -0.4 is 15.5 Å². The summed E-state index contributed by atoms with van der Waals surface area (Å²) >= 11 is 0. The second-order valence-corrected chi connectivity index (χ2v) is 9.10. The van der Waals surface area contributed by atoms with E-state index in [9.17, 15) is 15.2 Å². The molecule has 2 heterocycles. The maximum Gasteiger partial charge on any atom is 0.254 e. The van der Waals surface area contributed by atoms with E-state index in [2.05, 4.69) is 34.6 Å². The standard InChI is InChI=1S/C26H33N5O2/c1-18-13-19(2)24(14-23(18)26(33)31-12-9-28-22(16-31)17-32)29-21-7-10-30(11-8-21)25-6-4-3-5-20(25)15-27/h3-6,13-14,21-22,28-29,32H,7-12,16-17H2,1-2H3/t22-/m0/s1. The van der Waals surface area contributed by atoms with Crippen LogP contribution in [0.15, 0.2) is 36.4 Å². The number of aliphatic hydroxyl groups is 1. The number of carbonyl (C=O) groups excluding carboxylic acids is 1. The minimum absolute atomic E-state index is 0.0263. The number of piperazine rings is 1. The molecular weight excluding hydrogens is 414 g/mol. The van der Waals surface area contributed by atoms with Gasteiger partial charge in [-0.15, -0.1) is 0 Å². The molecule has 1 amide bonds. The fraction of sp³-hybridized carbons (Fsp3) is 0.462. The Bertz CT molecular complexity index is 1040. The molecule has 0 aromatic heterocycles. The summed E-state index contributed by atoms with van der Waals surface area (Å²) in [5.74, 6) is 0.0263. The van der Waals surface area contributed by atoms with Crippen molar-refractivity contribution in [1.82, 2.24) is 10.2 Å². The zero-order valence-electron chi connectivity index (χ0n) is 19.5. The highest BCUT2D eigenvalue weighted by atomic mass is 16.3. The van der Waals surface area contributed by atoms with Crippen molar-refractivity contribution in [2.75, 3.05) is 49.5 Å². The third kappa shape index (κ3) is 5.13. The monoisotopic (exact) mass is 447 g/mol. The predicted octanol–water partition coefficient (Wildman–Crippen LogP) is 2.66. The van der Waals surface area contributed by atoms with Crippen molar-refractivity contribution in [3.63, 3.8) is 0 Å². The van der Waals surface area contributed by atoms with Crippen LogP contribution in [0.3, 0.4) is 0 Å². The number of para-hydroxylation sites is 1. The van der Waals surface area contributed by atoms with Crippen molar-refractivity contribution in [2.24, 2.45) is 0 Å². The molecule has 0 bridgehead atoms. The van der Waals surface area contributed by atoms with Gasteiger partial charge in [-0.05, 0) is 56.0 Å². The molecule has 2 aliphatic rings. The molecule has 0 saturated carbocycles. The Morgan fingerprint density at radius 2 is 1.94 bits per heavy atom. The number of aryl methyl sites for hydroxylation is 2. The van der Waals surface area contributed by atoms with Crippen molar-refractivity contribution in [3.8, 4) is 6.07 Å². The SMILES string of the molecule is Cc1cc(C)c(C(=O)N2CCN[C@H](CO)C2)cc1NC1CCN(c2ccccc2C#N)CC1. The smallest absolute Gasteiger partial charge is 0.254 e. The van der Waals surface area contributed by atoms with Gasteiger partial charge in [0.1, 0.15) is 6.07 Å². The zero-order chi connectivity index (χ0) is 23.4. The number of anilines is 2. The molecule has 2 aromatic rings. The third-order valence-corrected chi connectivity index (χ3v) is 6.78. The van der Waals surface area contributed by atoms with E-state index in [0.717, 1.165) is 59.6 Å². The number of hydrogen-bond donors (Lipinski definition) is 3. The van der Waals surface area contributed by atoms with Gasteiger partial charge in [0.25, 0.3) is 5.91 Å². The molecule has 0 spiro atoms. The largest absolute Gasteiger partial charge is 0.395 e. The molecule has 1 atom stereocenters. The summed E-state index contributed by atoms with van der Waals surface area (Å²) in [6.45, 7) is 7.73. The number of rotatable bonds is 5. The molecule has 2 fully saturated rings. The topological polar surface area (TPSA) is 91.6 Å². The molecule has 0 unspecified atom stereocenters. The number of hydrogen-bond acceptors (Lipinski definition) is 6. The predicted molar refractivity (Wildman–Crippen MR) is 131 cm³/mol. The maximum absolute atomic E-state index is 13.3. The number of nitrogens with zero attached hydrogens (tertiary/aromatic N) is 3. The quantitative estimate of drug-likeness (QED) is 0.653. The third-order valence-electron chi connectivity index (χ3n) is 6.78. The number of carbonyl (C=O) groups is 1. The number of nitrogens with one attached hydrogen (secondary N) is 2. The Morgan fingerprint density at radius 1 is 1.18 bits per heavy atom. The summed E-state index contributed by atoms with van der Waals surface area (Å²) in [5.41, 5.74) is 5.57. The summed E-state index contributed by atoms with van der Waals surface area (Å²) < 4.78 is 0. The Balaban J connectivity index is 1.44. The first-order chi connectivity index (χ1) is 16.0. The van der Waals surface area contributed by atoms with E-state index in [1.807, 2.05) is 42.2 Å². The van der Waals surface area contributed by atoms with E-state index in [1.165, 1.54) is 0 Å². The fourth-order valence-corrected chi connectivity index (χ4v) is 4.87. The van der Waals surface area contributed by atoms with Crippen molar-refractivity contribution >= 4 is 17.3 Å². The van der Waals surface area contributed by atoms with E-state index in [1.54, 1.807) is 0 Å². The van der Waals surface area contributed by atoms with Crippen molar-refractivity contribution in [3.05, 3.63) is 58.7 Å². The minimum Gasteiger partial charge on any atom is -0.395 e. The summed E-state index contributed by atoms with van der Waals surface area (Å²) in [6.07, 6.45) is 1.93. The summed E-state index contributed by atoms with van der Waals surface area (Å²) in [4.78, 5) is 17.4. The second-order valence-electron chi connectivity index (χ2n) is 9.10. The fourth-order valence-electron chi connectivity index (χ4n) is 4.87. The van der Waals surface area contributed by atoms with Crippen LogP contribution >= 0.6 is 0 Å². The van der Waals surface area contributed by atoms with E-state index in [0.29, 0.717) is 25.7 Å². The van der Waals surface area contributed by atoms with Gasteiger partial charge >= 0.3 is 0 Å². The first-order valence-corrected chi connectivity index (χ1v) is 11.8. The second kappa shape index (κ2) is 10.2. The van der Waals surface area contributed by atoms with E-state index in [4.69, 9.17) is 0 Å². The normalized spacial score (nSPS) is 19.3. The van der Waals surface area contributed by atoms with Gasteiger partial charge in [-0.25, -0.2) is 0 Å². The molecule has 7 nitrogen and oxygen atoms in total. The molecular formula is C26H33N5O2. The zero-order valence-corrected chi connectivity index (χ0v) is 19.5. The van der Waals surface area contributed by atoms with Crippen molar-refractivity contribution < 1.29 is 9.90 Å². The first kappa shape index (κ1) is 23.1. The molecule has 3 N–H and O–H groups in total. The number of piperidine rings is 1. The van der Waals surface area contributed by atoms with E-state index >= 15 is 0 Å². The highest BCUT2D eigenvalue weighted by Crippen LogP contribution is 2.28. The minimum atomic E-state index is -0.0672. The Hall–Kier alpha value is -3.08. The molecule has 2 saturated heterocycles. The summed E-state index contributed by atoms with van der Waals surface area (Å²) in [5, 5.41) is 25.8. The van der Waals surface area contributed by atoms with Crippen molar-refractivity contribution in [1.29, 1.82) is 5.26 Å². The van der Waals surface area contributed by atoms with Crippen LogP contribution in [0.5, 0.6) is 0 Å². The molecule has 2 aromatic carbocycles. The highest BCUT2D eigenvalue weighted by molar-refractivity contribution is 5.97. The van der Waals surface area contributed by atoms with Gasteiger partial charge in [-0.3, -0.25) is 4.79 Å². The van der Waals surface area contributed by atoms with Crippen LogP contribution in [0.1, 0.15) is 39.9 Å². The van der Waals surface area contributed by atoms with Gasteiger partial charge in [0.15, 0.2) is 0 Å². The highest BCUT2D eigenvalue weighted by Gasteiger charge is 2.26.